The van der Waals surface area contributed by atoms with Crippen LogP contribution in [0.3, 0.4) is 0 Å². The number of phenols is 1. The third kappa shape index (κ3) is 2.20. The van der Waals surface area contributed by atoms with E-state index in [4.69, 9.17) is 11.6 Å². The summed E-state index contributed by atoms with van der Waals surface area (Å²) in [5, 5.41) is 9.77. The van der Waals surface area contributed by atoms with Crippen molar-refractivity contribution >= 4 is 11.6 Å². The van der Waals surface area contributed by atoms with Gasteiger partial charge >= 0.3 is 0 Å². The van der Waals surface area contributed by atoms with Crippen LogP contribution in [0.25, 0.3) is 0 Å². The molecule has 2 aromatic carbocycles. The number of hydrogen-bond acceptors (Lipinski definition) is 1. The molecule has 2 aromatic rings. The van der Waals surface area contributed by atoms with Crippen LogP contribution in [0.4, 0.5) is 0 Å². The van der Waals surface area contributed by atoms with Gasteiger partial charge in [0.2, 0.25) is 0 Å². The molecule has 0 aliphatic rings. The van der Waals surface area contributed by atoms with Crippen molar-refractivity contribution in [2.75, 3.05) is 0 Å². The lowest BCUT2D eigenvalue weighted by Gasteiger charge is -2.12. The van der Waals surface area contributed by atoms with Crippen molar-refractivity contribution in [2.24, 2.45) is 0 Å². The van der Waals surface area contributed by atoms with Crippen molar-refractivity contribution in [1.82, 2.24) is 0 Å². The van der Waals surface area contributed by atoms with Gasteiger partial charge in [-0.05, 0) is 23.3 Å². The van der Waals surface area contributed by atoms with Gasteiger partial charge in [0.15, 0.2) is 0 Å². The maximum atomic E-state index is 9.36. The summed E-state index contributed by atoms with van der Waals surface area (Å²) in [6.07, 6.45) is 0. The Kier molecular flexibility index (Phi) is 3.16. The van der Waals surface area contributed by atoms with E-state index in [0.29, 0.717) is 5.02 Å². The standard InChI is InChI=1S/C14H13ClO/c1-10(11-5-3-2-4-6-11)12-7-8-14(16)13(15)9-12/h2-10,16H,1H3/t10-/m0/s1. The van der Waals surface area contributed by atoms with Gasteiger partial charge in [0.25, 0.3) is 0 Å². The second-order valence-electron chi connectivity index (χ2n) is 3.84. The van der Waals surface area contributed by atoms with Crippen LogP contribution < -0.4 is 0 Å². The fourth-order valence-electron chi connectivity index (χ4n) is 1.73. The van der Waals surface area contributed by atoms with Gasteiger partial charge in [-0.25, -0.2) is 0 Å². The van der Waals surface area contributed by atoms with Crippen LogP contribution in [-0.4, -0.2) is 5.11 Å². The van der Waals surface area contributed by atoms with E-state index in [1.54, 1.807) is 6.07 Å². The summed E-state index contributed by atoms with van der Waals surface area (Å²) in [6, 6.07) is 15.6. The molecule has 0 aromatic heterocycles. The van der Waals surface area contributed by atoms with Crippen molar-refractivity contribution in [3.8, 4) is 5.75 Å². The van der Waals surface area contributed by atoms with Crippen LogP contribution in [0.5, 0.6) is 5.75 Å². The molecule has 2 rings (SSSR count). The molecule has 0 saturated carbocycles. The second-order valence-corrected chi connectivity index (χ2v) is 4.25. The molecule has 0 aliphatic carbocycles. The molecule has 2 heteroatoms. The van der Waals surface area contributed by atoms with Crippen LogP contribution in [-0.2, 0) is 0 Å². The van der Waals surface area contributed by atoms with Crippen molar-refractivity contribution in [2.45, 2.75) is 12.8 Å². The minimum Gasteiger partial charge on any atom is -0.506 e. The smallest absolute Gasteiger partial charge is 0.134 e. The van der Waals surface area contributed by atoms with Crippen molar-refractivity contribution in [3.05, 3.63) is 64.7 Å². The van der Waals surface area contributed by atoms with Gasteiger partial charge < -0.3 is 5.11 Å². The first-order valence-corrected chi connectivity index (χ1v) is 5.59. The van der Waals surface area contributed by atoms with E-state index in [1.807, 2.05) is 30.3 Å². The van der Waals surface area contributed by atoms with Gasteiger partial charge in [-0.15, -0.1) is 0 Å². The zero-order valence-electron chi connectivity index (χ0n) is 9.02. The molecule has 0 bridgehead atoms. The molecule has 0 amide bonds. The Morgan fingerprint density at radius 3 is 2.31 bits per heavy atom. The van der Waals surface area contributed by atoms with E-state index in [-0.39, 0.29) is 11.7 Å². The molecular weight excluding hydrogens is 220 g/mol. The highest BCUT2D eigenvalue weighted by Gasteiger charge is 2.09. The maximum Gasteiger partial charge on any atom is 0.134 e. The van der Waals surface area contributed by atoms with E-state index in [0.717, 1.165) is 5.56 Å². The summed E-state index contributed by atoms with van der Waals surface area (Å²) >= 11 is 5.90. The van der Waals surface area contributed by atoms with Gasteiger partial charge in [-0.3, -0.25) is 0 Å². The molecule has 0 unspecified atom stereocenters. The highest BCUT2D eigenvalue weighted by atomic mass is 35.5. The monoisotopic (exact) mass is 232 g/mol. The zero-order valence-corrected chi connectivity index (χ0v) is 9.78. The summed E-state index contributed by atoms with van der Waals surface area (Å²) in [5.74, 6) is 0.407. The molecule has 0 heterocycles. The molecule has 0 fully saturated rings. The molecule has 1 nitrogen and oxygen atoms in total. The normalized spacial score (nSPS) is 12.4. The zero-order chi connectivity index (χ0) is 11.5. The Balaban J connectivity index is 2.34. The Morgan fingerprint density at radius 1 is 1.00 bits per heavy atom. The first-order chi connectivity index (χ1) is 7.68. The van der Waals surface area contributed by atoms with E-state index in [1.165, 1.54) is 5.56 Å². The fourth-order valence-corrected chi connectivity index (χ4v) is 1.92. The lowest BCUT2D eigenvalue weighted by Crippen LogP contribution is -1.95. The predicted octanol–water partition coefficient (Wildman–Crippen LogP) is 4.20. The number of benzene rings is 2. The summed E-state index contributed by atoms with van der Waals surface area (Å²) in [7, 11) is 0. The predicted molar refractivity (Wildman–Crippen MR) is 67.1 cm³/mol. The Hall–Kier alpha value is -1.47. The van der Waals surface area contributed by atoms with Crippen molar-refractivity contribution < 1.29 is 5.11 Å². The molecule has 16 heavy (non-hydrogen) atoms. The number of aromatic hydroxyl groups is 1. The summed E-state index contributed by atoms with van der Waals surface area (Å²) in [4.78, 5) is 0. The van der Waals surface area contributed by atoms with Crippen LogP contribution in [0.2, 0.25) is 5.02 Å². The summed E-state index contributed by atoms with van der Waals surface area (Å²) < 4.78 is 0. The number of hydrogen-bond donors (Lipinski definition) is 1. The van der Waals surface area contributed by atoms with Crippen LogP contribution in [0.1, 0.15) is 24.0 Å². The third-order valence-electron chi connectivity index (χ3n) is 2.77. The lowest BCUT2D eigenvalue weighted by atomic mass is 9.93. The van der Waals surface area contributed by atoms with Gasteiger partial charge in [-0.1, -0.05) is 54.9 Å². The minimum atomic E-state index is 0.130. The van der Waals surface area contributed by atoms with Crippen molar-refractivity contribution in [3.63, 3.8) is 0 Å². The van der Waals surface area contributed by atoms with E-state index < -0.39 is 0 Å². The largest absolute Gasteiger partial charge is 0.506 e. The van der Waals surface area contributed by atoms with Crippen molar-refractivity contribution in [1.29, 1.82) is 0 Å². The first-order valence-electron chi connectivity index (χ1n) is 5.22. The van der Waals surface area contributed by atoms with Gasteiger partial charge in [0.05, 0.1) is 5.02 Å². The lowest BCUT2D eigenvalue weighted by molar-refractivity contribution is 0.475. The Morgan fingerprint density at radius 2 is 1.69 bits per heavy atom. The first kappa shape index (κ1) is 11.0. The molecule has 0 aliphatic heterocycles. The van der Waals surface area contributed by atoms with E-state index in [9.17, 15) is 5.11 Å². The Bertz CT molecular complexity index is 479. The van der Waals surface area contributed by atoms with E-state index >= 15 is 0 Å². The second kappa shape index (κ2) is 4.58. The van der Waals surface area contributed by atoms with Crippen LogP contribution in [0, 0.1) is 0 Å². The maximum absolute atomic E-state index is 9.36. The van der Waals surface area contributed by atoms with Crippen LogP contribution >= 0.6 is 11.6 Å². The highest BCUT2D eigenvalue weighted by Crippen LogP contribution is 2.30. The summed E-state index contributed by atoms with van der Waals surface area (Å²) in [6.45, 7) is 2.12. The van der Waals surface area contributed by atoms with Gasteiger partial charge in [0.1, 0.15) is 5.75 Å². The van der Waals surface area contributed by atoms with Crippen LogP contribution in [0.15, 0.2) is 48.5 Å². The van der Waals surface area contributed by atoms with Gasteiger partial charge in [-0.2, -0.15) is 0 Å². The average molecular weight is 233 g/mol. The molecule has 1 N–H and O–H groups in total. The molecule has 1 atom stereocenters. The number of phenolic OH excluding ortho intramolecular Hbond substituents is 1. The summed E-state index contributed by atoms with van der Waals surface area (Å²) in [5.41, 5.74) is 2.35. The minimum absolute atomic E-state index is 0.130. The fraction of sp³-hybridized carbons (Fsp3) is 0.143. The number of rotatable bonds is 2. The molecule has 0 spiro atoms. The molecule has 0 radical (unpaired) electrons. The van der Waals surface area contributed by atoms with Gasteiger partial charge in [0, 0.05) is 5.92 Å². The topological polar surface area (TPSA) is 20.2 Å². The quantitative estimate of drug-likeness (QED) is 0.823. The highest BCUT2D eigenvalue weighted by molar-refractivity contribution is 6.32. The average Bonchev–Trinajstić information content (AvgIpc) is 2.33. The van der Waals surface area contributed by atoms with E-state index in [2.05, 4.69) is 19.1 Å². The third-order valence-corrected chi connectivity index (χ3v) is 3.07. The number of halogens is 1. The SMILES string of the molecule is C[C@@H](c1ccccc1)c1ccc(O)c(Cl)c1. The molecule has 0 saturated heterocycles. The molecule has 82 valence electrons. The Labute approximate surface area is 100 Å². The molecular formula is C14H13ClO.